The molecule has 0 spiro atoms. The normalized spacial score (nSPS) is 31.7. The number of halogens is 1. The topological polar surface area (TPSA) is 37.3 Å². The second-order valence-electron chi connectivity index (χ2n) is 8.47. The minimum Gasteiger partial charge on any atom is -0.478 e. The first-order valence-corrected chi connectivity index (χ1v) is 11.1. The molecule has 0 amide bonds. The summed E-state index contributed by atoms with van der Waals surface area (Å²) < 4.78 is 0. The molecule has 4 unspecified atom stereocenters. The van der Waals surface area contributed by atoms with Gasteiger partial charge in [0.2, 0.25) is 0 Å². The summed E-state index contributed by atoms with van der Waals surface area (Å²) in [5.74, 6) is 0.904. The van der Waals surface area contributed by atoms with Gasteiger partial charge in [0.25, 0.3) is 0 Å². The van der Waals surface area contributed by atoms with Crippen molar-refractivity contribution in [1.29, 1.82) is 0 Å². The summed E-state index contributed by atoms with van der Waals surface area (Å²) in [5, 5.41) is 9.30. The molecule has 0 heterocycles. The molecule has 2 aliphatic rings. The van der Waals surface area contributed by atoms with Crippen LogP contribution in [0.2, 0.25) is 0 Å². The van der Waals surface area contributed by atoms with Crippen LogP contribution in [0.15, 0.2) is 22.7 Å². The average molecular weight is 411 g/mol. The average Bonchev–Trinajstić information content (AvgIpc) is 2.93. The van der Waals surface area contributed by atoms with Crippen molar-refractivity contribution in [2.24, 2.45) is 23.2 Å². The van der Waals surface area contributed by atoms with Crippen molar-refractivity contribution < 1.29 is 9.90 Å². The maximum atomic E-state index is 11.3. The first kappa shape index (κ1) is 20.7. The molecule has 0 radical (unpaired) electrons. The molecular formula is C22H35BrO2. The number of rotatable bonds is 9. The Morgan fingerprint density at radius 3 is 2.76 bits per heavy atom. The fourth-order valence-electron chi connectivity index (χ4n) is 5.48. The van der Waals surface area contributed by atoms with E-state index >= 15 is 0 Å². The lowest BCUT2D eigenvalue weighted by Gasteiger charge is -2.42. The van der Waals surface area contributed by atoms with Gasteiger partial charge in [0.15, 0.2) is 0 Å². The number of carbonyl (C=O) groups is 1. The largest absolute Gasteiger partial charge is 0.478 e. The van der Waals surface area contributed by atoms with Gasteiger partial charge >= 0.3 is 5.97 Å². The number of hydrogen-bond acceptors (Lipinski definition) is 1. The van der Waals surface area contributed by atoms with Gasteiger partial charge in [-0.3, -0.25) is 0 Å². The van der Waals surface area contributed by atoms with Gasteiger partial charge in [-0.2, -0.15) is 0 Å². The molecule has 142 valence electrons. The van der Waals surface area contributed by atoms with E-state index < -0.39 is 5.97 Å². The Bertz CT molecular complexity index is 510. The van der Waals surface area contributed by atoms with Crippen LogP contribution < -0.4 is 0 Å². The SMILES string of the molecule is C=C(C(=O)O)C(CCCC)CCCC1CCC2/C(=C/Br)CCCC12C. The predicted molar refractivity (Wildman–Crippen MR) is 109 cm³/mol. The first-order chi connectivity index (χ1) is 11.9. The second-order valence-corrected chi connectivity index (χ2v) is 8.93. The fourth-order valence-corrected chi connectivity index (χ4v) is 6.03. The van der Waals surface area contributed by atoms with Crippen LogP contribution in [0.5, 0.6) is 0 Å². The molecule has 2 aliphatic carbocycles. The van der Waals surface area contributed by atoms with E-state index in [1.54, 1.807) is 5.57 Å². The Morgan fingerprint density at radius 1 is 1.40 bits per heavy atom. The number of unbranched alkanes of at least 4 members (excludes halogenated alkanes) is 1. The molecule has 1 N–H and O–H groups in total. The van der Waals surface area contributed by atoms with Crippen molar-refractivity contribution in [2.75, 3.05) is 0 Å². The summed E-state index contributed by atoms with van der Waals surface area (Å²) >= 11 is 3.59. The van der Waals surface area contributed by atoms with Crippen LogP contribution in [0, 0.1) is 23.2 Å². The molecule has 2 rings (SSSR count). The highest BCUT2D eigenvalue weighted by atomic mass is 79.9. The Balaban J connectivity index is 1.91. The molecule has 4 atom stereocenters. The van der Waals surface area contributed by atoms with Gasteiger partial charge in [0.05, 0.1) is 0 Å². The Morgan fingerprint density at radius 2 is 2.12 bits per heavy atom. The Hall–Kier alpha value is -0.570. The molecule has 2 nitrogen and oxygen atoms in total. The van der Waals surface area contributed by atoms with Crippen LogP contribution in [-0.2, 0) is 4.79 Å². The minimum atomic E-state index is -0.812. The van der Waals surface area contributed by atoms with E-state index in [-0.39, 0.29) is 5.92 Å². The zero-order chi connectivity index (χ0) is 18.4. The zero-order valence-corrected chi connectivity index (χ0v) is 17.6. The standard InChI is InChI=1S/C22H35BrO2/c1-4-5-8-17(16(2)21(24)25)9-6-11-19-12-13-20-18(15-23)10-7-14-22(19,20)3/h15,17,19-20H,2,4-14H2,1,3H3,(H,24,25)/b18-15+. The molecule has 0 bridgehead atoms. The van der Waals surface area contributed by atoms with Gasteiger partial charge in [-0.05, 0) is 79.5 Å². The zero-order valence-electron chi connectivity index (χ0n) is 16.0. The molecule has 0 aliphatic heterocycles. The highest BCUT2D eigenvalue weighted by Crippen LogP contribution is 2.58. The highest BCUT2D eigenvalue weighted by molar-refractivity contribution is 9.11. The first-order valence-electron chi connectivity index (χ1n) is 10.1. The molecule has 2 fully saturated rings. The summed E-state index contributed by atoms with van der Waals surface area (Å²) in [5.41, 5.74) is 2.50. The monoisotopic (exact) mass is 410 g/mol. The maximum absolute atomic E-state index is 11.3. The van der Waals surface area contributed by atoms with Crippen molar-refractivity contribution in [1.82, 2.24) is 0 Å². The van der Waals surface area contributed by atoms with Crippen LogP contribution in [0.25, 0.3) is 0 Å². The number of fused-ring (bicyclic) bond motifs is 1. The number of carboxylic acid groups (broad SMARTS) is 1. The lowest BCUT2D eigenvalue weighted by Crippen LogP contribution is -2.33. The minimum absolute atomic E-state index is 0.159. The van der Waals surface area contributed by atoms with Crippen LogP contribution in [0.3, 0.4) is 0 Å². The molecule has 0 aromatic heterocycles. The maximum Gasteiger partial charge on any atom is 0.331 e. The third kappa shape index (κ3) is 4.78. The van der Waals surface area contributed by atoms with Gasteiger partial charge < -0.3 is 5.11 Å². The smallest absolute Gasteiger partial charge is 0.331 e. The number of hydrogen-bond donors (Lipinski definition) is 1. The van der Waals surface area contributed by atoms with Crippen LogP contribution in [0.1, 0.15) is 84.5 Å². The van der Waals surface area contributed by atoms with Gasteiger partial charge in [-0.15, -0.1) is 0 Å². The van der Waals surface area contributed by atoms with Crippen molar-refractivity contribution in [3.8, 4) is 0 Å². The van der Waals surface area contributed by atoms with Crippen LogP contribution >= 0.6 is 15.9 Å². The van der Waals surface area contributed by atoms with Gasteiger partial charge in [-0.1, -0.05) is 61.2 Å². The summed E-state index contributed by atoms with van der Waals surface area (Å²) in [6.07, 6.45) is 13.2. The molecule has 25 heavy (non-hydrogen) atoms. The third-order valence-corrected chi connectivity index (χ3v) is 7.67. The molecule has 3 heteroatoms. The molecule has 0 aromatic carbocycles. The molecular weight excluding hydrogens is 376 g/mol. The quantitative estimate of drug-likeness (QED) is 0.411. The van der Waals surface area contributed by atoms with E-state index in [0.29, 0.717) is 11.0 Å². The van der Waals surface area contributed by atoms with Crippen molar-refractivity contribution in [2.45, 2.75) is 84.5 Å². The molecule has 0 aromatic rings. The van der Waals surface area contributed by atoms with E-state index in [1.807, 2.05) is 0 Å². The van der Waals surface area contributed by atoms with Crippen molar-refractivity contribution in [3.05, 3.63) is 22.7 Å². The van der Waals surface area contributed by atoms with E-state index in [0.717, 1.165) is 43.9 Å². The Kier molecular flexibility index (Phi) is 7.79. The summed E-state index contributed by atoms with van der Waals surface area (Å²) in [6, 6.07) is 0. The van der Waals surface area contributed by atoms with E-state index in [1.165, 1.54) is 38.5 Å². The van der Waals surface area contributed by atoms with Gasteiger partial charge in [0.1, 0.15) is 0 Å². The van der Waals surface area contributed by atoms with E-state index in [9.17, 15) is 9.90 Å². The highest BCUT2D eigenvalue weighted by Gasteiger charge is 2.48. The van der Waals surface area contributed by atoms with E-state index in [2.05, 4.69) is 41.3 Å². The van der Waals surface area contributed by atoms with Crippen molar-refractivity contribution >= 4 is 21.9 Å². The summed E-state index contributed by atoms with van der Waals surface area (Å²) in [7, 11) is 0. The molecule has 0 saturated heterocycles. The lowest BCUT2D eigenvalue weighted by molar-refractivity contribution is -0.133. The van der Waals surface area contributed by atoms with Crippen molar-refractivity contribution in [3.63, 3.8) is 0 Å². The third-order valence-electron chi connectivity index (χ3n) is 7.08. The number of allylic oxidation sites excluding steroid dienone is 1. The fraction of sp³-hybridized carbons (Fsp3) is 0.773. The van der Waals surface area contributed by atoms with Gasteiger partial charge in [-0.25, -0.2) is 4.79 Å². The van der Waals surface area contributed by atoms with Crippen LogP contribution in [-0.4, -0.2) is 11.1 Å². The van der Waals surface area contributed by atoms with Crippen LogP contribution in [0.4, 0.5) is 0 Å². The summed E-state index contributed by atoms with van der Waals surface area (Å²) in [6.45, 7) is 8.52. The van der Waals surface area contributed by atoms with Gasteiger partial charge in [0, 0.05) is 5.57 Å². The second kappa shape index (κ2) is 9.39. The van der Waals surface area contributed by atoms with E-state index in [4.69, 9.17) is 0 Å². The predicted octanol–water partition coefficient (Wildman–Crippen LogP) is 7.10. The Labute approximate surface area is 162 Å². The number of aliphatic carboxylic acids is 1. The lowest BCUT2D eigenvalue weighted by atomic mass is 9.63. The number of carboxylic acids is 1. The summed E-state index contributed by atoms with van der Waals surface area (Å²) in [4.78, 5) is 13.5. The molecule has 2 saturated carbocycles.